The van der Waals surface area contributed by atoms with E-state index < -0.39 is 0 Å². The molecule has 1 fully saturated rings. The summed E-state index contributed by atoms with van der Waals surface area (Å²) in [5.74, 6) is -0.0931. The van der Waals surface area contributed by atoms with Crippen LogP contribution in [0.2, 0.25) is 0 Å². The first-order valence-electron chi connectivity index (χ1n) is 5.95. The van der Waals surface area contributed by atoms with Crippen LogP contribution in [-0.2, 0) is 9.53 Å². The van der Waals surface area contributed by atoms with Gasteiger partial charge in [0.2, 0.25) is 0 Å². The monoisotopic (exact) mass is 213 g/mol. The third-order valence-corrected chi connectivity index (χ3v) is 2.50. The van der Waals surface area contributed by atoms with Gasteiger partial charge >= 0.3 is 5.97 Å². The minimum absolute atomic E-state index is 0.0930. The lowest BCUT2D eigenvalue weighted by Gasteiger charge is -2.25. The number of carbonyl (C=O) groups excluding carboxylic acids is 1. The summed E-state index contributed by atoms with van der Waals surface area (Å²) in [6, 6.07) is -0.0930. The van der Waals surface area contributed by atoms with Crippen molar-refractivity contribution in [3.8, 4) is 0 Å². The highest BCUT2D eigenvalue weighted by molar-refractivity contribution is 5.76. The van der Waals surface area contributed by atoms with E-state index in [0.29, 0.717) is 0 Å². The minimum atomic E-state index is -0.374. The fourth-order valence-electron chi connectivity index (χ4n) is 1.78. The number of nitrogens with one attached hydrogen (secondary N) is 1. The van der Waals surface area contributed by atoms with Gasteiger partial charge in [-0.25, -0.2) is 0 Å². The zero-order chi connectivity index (χ0) is 11.3. The predicted molar refractivity (Wildman–Crippen MR) is 60.7 cm³/mol. The normalized spacial score (nSPS) is 24.1. The van der Waals surface area contributed by atoms with Crippen molar-refractivity contribution in [2.45, 2.75) is 64.5 Å². The molecule has 88 valence electrons. The van der Waals surface area contributed by atoms with Crippen LogP contribution in [0.4, 0.5) is 0 Å². The predicted octanol–water partition coefficient (Wildman–Crippen LogP) is 2.25. The Morgan fingerprint density at radius 1 is 1.20 bits per heavy atom. The number of esters is 1. The second-order valence-corrected chi connectivity index (χ2v) is 5.24. The number of carbonyl (C=O) groups is 1. The van der Waals surface area contributed by atoms with E-state index in [0.717, 1.165) is 19.4 Å². The zero-order valence-electron chi connectivity index (χ0n) is 10.1. The molecule has 15 heavy (non-hydrogen) atoms. The number of ether oxygens (including phenoxy) is 1. The second-order valence-electron chi connectivity index (χ2n) is 5.24. The summed E-state index contributed by atoms with van der Waals surface area (Å²) in [4.78, 5) is 11.8. The fourth-order valence-corrected chi connectivity index (χ4v) is 1.78. The molecule has 1 heterocycles. The molecule has 0 aromatic carbocycles. The lowest BCUT2D eigenvalue weighted by molar-refractivity contribution is -0.157. The average Bonchev–Trinajstić information content (AvgIpc) is 1.98. The maximum atomic E-state index is 11.8. The lowest BCUT2D eigenvalue weighted by atomic mass is 10.0. The van der Waals surface area contributed by atoms with Crippen molar-refractivity contribution >= 4 is 5.97 Å². The summed E-state index contributed by atoms with van der Waals surface area (Å²) < 4.78 is 5.37. The first kappa shape index (κ1) is 12.5. The number of hydrogen-bond donors (Lipinski definition) is 1. The molecular weight excluding hydrogens is 190 g/mol. The quantitative estimate of drug-likeness (QED) is 0.679. The van der Waals surface area contributed by atoms with E-state index in [2.05, 4.69) is 5.32 Å². The summed E-state index contributed by atoms with van der Waals surface area (Å²) in [5, 5.41) is 3.27. The SMILES string of the molecule is CC(C)(C)OC(=O)C1CCCCCCN1. The van der Waals surface area contributed by atoms with Crippen LogP contribution in [0.5, 0.6) is 0 Å². The molecule has 1 saturated heterocycles. The van der Waals surface area contributed by atoms with Crippen molar-refractivity contribution < 1.29 is 9.53 Å². The van der Waals surface area contributed by atoms with Gasteiger partial charge in [0.1, 0.15) is 11.6 Å². The van der Waals surface area contributed by atoms with Crippen molar-refractivity contribution in [2.24, 2.45) is 0 Å². The highest BCUT2D eigenvalue weighted by Crippen LogP contribution is 2.14. The number of hydrogen-bond acceptors (Lipinski definition) is 3. The molecule has 0 aliphatic carbocycles. The maximum absolute atomic E-state index is 11.8. The summed E-state index contributed by atoms with van der Waals surface area (Å²) in [6.45, 7) is 6.67. The van der Waals surface area contributed by atoms with Crippen LogP contribution in [0, 0.1) is 0 Å². The second kappa shape index (κ2) is 5.50. The third-order valence-electron chi connectivity index (χ3n) is 2.50. The van der Waals surface area contributed by atoms with Crippen LogP contribution in [0.3, 0.4) is 0 Å². The largest absolute Gasteiger partial charge is 0.459 e. The smallest absolute Gasteiger partial charge is 0.323 e. The summed E-state index contributed by atoms with van der Waals surface area (Å²) in [7, 11) is 0. The molecule has 1 rings (SSSR count). The van der Waals surface area contributed by atoms with Crippen LogP contribution in [-0.4, -0.2) is 24.2 Å². The van der Waals surface area contributed by atoms with Gasteiger partial charge < -0.3 is 10.1 Å². The van der Waals surface area contributed by atoms with Crippen molar-refractivity contribution in [2.75, 3.05) is 6.54 Å². The Balaban J connectivity index is 2.42. The Morgan fingerprint density at radius 2 is 1.87 bits per heavy atom. The van der Waals surface area contributed by atoms with Crippen LogP contribution < -0.4 is 5.32 Å². The van der Waals surface area contributed by atoms with Gasteiger partial charge in [0.15, 0.2) is 0 Å². The Kier molecular flexibility index (Phi) is 4.58. The highest BCUT2D eigenvalue weighted by Gasteiger charge is 2.24. The van der Waals surface area contributed by atoms with Crippen molar-refractivity contribution in [3.05, 3.63) is 0 Å². The topological polar surface area (TPSA) is 38.3 Å². The zero-order valence-corrected chi connectivity index (χ0v) is 10.1. The van der Waals surface area contributed by atoms with E-state index in [1.54, 1.807) is 0 Å². The summed E-state index contributed by atoms with van der Waals surface area (Å²) in [6.07, 6.45) is 5.71. The van der Waals surface area contributed by atoms with Crippen molar-refractivity contribution in [1.29, 1.82) is 0 Å². The van der Waals surface area contributed by atoms with Gasteiger partial charge in [0.05, 0.1) is 0 Å². The summed E-state index contributed by atoms with van der Waals surface area (Å²) in [5.41, 5.74) is -0.374. The molecule has 0 aromatic rings. The molecule has 0 spiro atoms. The first-order chi connectivity index (χ1) is 6.99. The first-order valence-corrected chi connectivity index (χ1v) is 5.95. The third kappa shape index (κ3) is 5.17. The fraction of sp³-hybridized carbons (Fsp3) is 0.917. The minimum Gasteiger partial charge on any atom is -0.459 e. The molecule has 0 aromatic heterocycles. The van der Waals surface area contributed by atoms with Gasteiger partial charge in [0.25, 0.3) is 0 Å². The van der Waals surface area contributed by atoms with Crippen LogP contribution in [0.25, 0.3) is 0 Å². The average molecular weight is 213 g/mol. The molecular formula is C12H23NO2. The molecule has 3 heteroatoms. The highest BCUT2D eigenvalue weighted by atomic mass is 16.6. The standard InChI is InChI=1S/C12H23NO2/c1-12(2,3)15-11(14)10-8-6-4-5-7-9-13-10/h10,13H,4-9H2,1-3H3. The molecule has 0 saturated carbocycles. The van der Waals surface area contributed by atoms with E-state index in [-0.39, 0.29) is 17.6 Å². The molecule has 0 bridgehead atoms. The van der Waals surface area contributed by atoms with E-state index in [1.807, 2.05) is 20.8 Å². The molecule has 0 radical (unpaired) electrons. The van der Waals surface area contributed by atoms with Crippen LogP contribution in [0.15, 0.2) is 0 Å². The molecule has 1 N–H and O–H groups in total. The molecule has 3 nitrogen and oxygen atoms in total. The summed E-state index contributed by atoms with van der Waals surface area (Å²) >= 11 is 0. The molecule has 1 unspecified atom stereocenters. The molecule has 1 aliphatic rings. The molecule has 0 amide bonds. The van der Waals surface area contributed by atoms with E-state index in [1.165, 1.54) is 19.3 Å². The lowest BCUT2D eigenvalue weighted by Crippen LogP contribution is -2.42. The molecule has 1 atom stereocenters. The van der Waals surface area contributed by atoms with Gasteiger partial charge in [-0.3, -0.25) is 4.79 Å². The van der Waals surface area contributed by atoms with Gasteiger partial charge in [-0.15, -0.1) is 0 Å². The van der Waals surface area contributed by atoms with Crippen LogP contribution in [0.1, 0.15) is 52.9 Å². The van der Waals surface area contributed by atoms with Gasteiger partial charge in [-0.1, -0.05) is 19.3 Å². The van der Waals surface area contributed by atoms with Crippen molar-refractivity contribution in [3.63, 3.8) is 0 Å². The van der Waals surface area contributed by atoms with Crippen LogP contribution >= 0.6 is 0 Å². The Bertz CT molecular complexity index is 200. The Hall–Kier alpha value is -0.570. The van der Waals surface area contributed by atoms with Gasteiger partial charge in [-0.05, 0) is 40.2 Å². The Labute approximate surface area is 92.6 Å². The van der Waals surface area contributed by atoms with E-state index in [9.17, 15) is 4.79 Å². The number of rotatable bonds is 1. The van der Waals surface area contributed by atoms with Crippen molar-refractivity contribution in [1.82, 2.24) is 5.32 Å². The maximum Gasteiger partial charge on any atom is 0.323 e. The van der Waals surface area contributed by atoms with Gasteiger partial charge in [0, 0.05) is 0 Å². The van der Waals surface area contributed by atoms with E-state index in [4.69, 9.17) is 4.74 Å². The molecule has 1 aliphatic heterocycles. The van der Waals surface area contributed by atoms with Gasteiger partial charge in [-0.2, -0.15) is 0 Å². The Morgan fingerprint density at radius 3 is 2.53 bits per heavy atom. The van der Waals surface area contributed by atoms with E-state index >= 15 is 0 Å².